The highest BCUT2D eigenvalue weighted by Crippen LogP contribution is 2.49. The van der Waals surface area contributed by atoms with Crippen molar-refractivity contribution in [1.29, 1.82) is 0 Å². The molecule has 0 saturated carbocycles. The van der Waals surface area contributed by atoms with Crippen LogP contribution < -0.4 is 0 Å². The summed E-state index contributed by atoms with van der Waals surface area (Å²) in [6.45, 7) is 7.52. The molecule has 0 aromatic rings. The molecular weight excluding hydrogens is 375 g/mol. The fraction of sp³-hybridized carbons (Fsp3) is 0.955. The summed E-state index contributed by atoms with van der Waals surface area (Å²) in [5, 5.41) is 0. The van der Waals surface area contributed by atoms with Crippen molar-refractivity contribution in [3.63, 3.8) is 0 Å². The van der Waals surface area contributed by atoms with Crippen LogP contribution in [0.4, 0.5) is 0 Å². The van der Waals surface area contributed by atoms with E-state index < -0.39 is 7.60 Å². The van der Waals surface area contributed by atoms with Gasteiger partial charge in [-0.25, -0.2) is 0 Å². The minimum atomic E-state index is -3.12. The molecule has 0 fully saturated rings. The van der Waals surface area contributed by atoms with Crippen LogP contribution in [0, 0.1) is 0 Å². The van der Waals surface area contributed by atoms with Gasteiger partial charge < -0.3 is 13.8 Å². The summed E-state index contributed by atoms with van der Waals surface area (Å²) in [7, 11) is -3.12. The highest BCUT2D eigenvalue weighted by molar-refractivity contribution is 7.53. The zero-order chi connectivity index (χ0) is 20.9. The highest BCUT2D eigenvalue weighted by atomic mass is 31.2. The summed E-state index contributed by atoms with van der Waals surface area (Å²) in [5.74, 6) is -0.249. The molecule has 0 bridgehead atoms. The van der Waals surface area contributed by atoms with Crippen LogP contribution in [-0.2, 0) is 23.1 Å². The number of rotatable bonds is 21. The molecule has 0 unspecified atom stereocenters. The lowest BCUT2D eigenvalue weighted by Crippen LogP contribution is -2.07. The van der Waals surface area contributed by atoms with Crippen molar-refractivity contribution in [2.24, 2.45) is 0 Å². The van der Waals surface area contributed by atoms with Crippen LogP contribution in [0.15, 0.2) is 0 Å². The molecule has 0 aliphatic rings. The molecule has 0 spiro atoms. The third-order valence-corrected chi connectivity index (χ3v) is 6.71. The second-order valence-electron chi connectivity index (χ2n) is 7.45. The number of esters is 1. The Morgan fingerprint density at radius 3 is 1.61 bits per heavy atom. The largest absolute Gasteiger partial charge is 0.466 e. The summed E-state index contributed by atoms with van der Waals surface area (Å²) < 4.78 is 29.4. The van der Waals surface area contributed by atoms with Gasteiger partial charge in [0, 0.05) is 6.42 Å². The van der Waals surface area contributed by atoms with Crippen molar-refractivity contribution in [1.82, 2.24) is 0 Å². The molecular formula is C22H45O5P. The molecule has 0 aromatic carbocycles. The van der Waals surface area contributed by atoms with Gasteiger partial charge in [-0.05, 0) is 26.2 Å². The zero-order valence-corrected chi connectivity index (χ0v) is 19.6. The predicted molar refractivity (Wildman–Crippen MR) is 117 cm³/mol. The van der Waals surface area contributed by atoms with Gasteiger partial charge in [0.15, 0.2) is 0 Å². The van der Waals surface area contributed by atoms with E-state index in [1.165, 1.54) is 51.4 Å². The van der Waals surface area contributed by atoms with Crippen molar-refractivity contribution in [2.45, 2.75) is 111 Å². The van der Waals surface area contributed by atoms with Gasteiger partial charge in [0.2, 0.25) is 0 Å². The number of unbranched alkanes of at least 4 members (excludes halogenated alkanes) is 10. The molecule has 0 heterocycles. The van der Waals surface area contributed by atoms with E-state index in [4.69, 9.17) is 13.8 Å². The molecule has 5 nitrogen and oxygen atoms in total. The van der Waals surface area contributed by atoms with Gasteiger partial charge in [-0.15, -0.1) is 0 Å². The van der Waals surface area contributed by atoms with Crippen LogP contribution in [0.3, 0.4) is 0 Å². The van der Waals surface area contributed by atoms with E-state index in [0.29, 0.717) is 26.2 Å². The van der Waals surface area contributed by atoms with Crippen LogP contribution in [0.2, 0.25) is 0 Å². The summed E-state index contributed by atoms with van der Waals surface area (Å²) in [5.41, 5.74) is 0. The van der Waals surface area contributed by atoms with Gasteiger partial charge in [-0.2, -0.15) is 0 Å². The van der Waals surface area contributed by atoms with E-state index in [-0.39, 0.29) is 18.6 Å². The molecule has 0 amide bonds. The third-order valence-electron chi connectivity index (χ3n) is 4.69. The van der Waals surface area contributed by atoms with Gasteiger partial charge in [0.25, 0.3) is 0 Å². The van der Waals surface area contributed by atoms with Crippen LogP contribution in [0.25, 0.3) is 0 Å². The lowest BCUT2D eigenvalue weighted by Gasteiger charge is -2.18. The van der Waals surface area contributed by atoms with Crippen molar-refractivity contribution < 1.29 is 23.1 Å². The standard InChI is InChI=1S/C22H45O5P/c1-4-7-9-11-13-15-19-26-28(24,21-17-18-22(23)25-6-3)27-20-16-14-12-10-8-5-2/h4-21H2,1-3H3. The number of ether oxygens (including phenoxy) is 1. The van der Waals surface area contributed by atoms with Crippen LogP contribution in [0.5, 0.6) is 0 Å². The van der Waals surface area contributed by atoms with Crippen LogP contribution in [0.1, 0.15) is 111 Å². The smallest absolute Gasteiger partial charge is 0.330 e. The lowest BCUT2D eigenvalue weighted by molar-refractivity contribution is -0.143. The van der Waals surface area contributed by atoms with Gasteiger partial charge >= 0.3 is 13.6 Å². The summed E-state index contributed by atoms with van der Waals surface area (Å²) in [6.07, 6.45) is 15.0. The van der Waals surface area contributed by atoms with E-state index in [1.807, 2.05) is 0 Å². The normalized spacial score (nSPS) is 11.7. The monoisotopic (exact) mass is 420 g/mol. The third kappa shape index (κ3) is 17.7. The average molecular weight is 421 g/mol. The Morgan fingerprint density at radius 2 is 1.14 bits per heavy atom. The maximum Gasteiger partial charge on any atom is 0.330 e. The van der Waals surface area contributed by atoms with Crippen molar-refractivity contribution in [2.75, 3.05) is 26.0 Å². The van der Waals surface area contributed by atoms with Crippen molar-refractivity contribution in [3.05, 3.63) is 0 Å². The Balaban J connectivity index is 4.16. The lowest BCUT2D eigenvalue weighted by atomic mass is 10.1. The Bertz CT molecular complexity index is 378. The quantitative estimate of drug-likeness (QED) is 0.111. The van der Waals surface area contributed by atoms with Gasteiger partial charge in [0.1, 0.15) is 0 Å². The van der Waals surface area contributed by atoms with Crippen molar-refractivity contribution in [3.8, 4) is 0 Å². The maximum atomic E-state index is 13.0. The molecule has 0 rings (SSSR count). The Labute approximate surface area is 173 Å². The summed E-state index contributed by atoms with van der Waals surface area (Å²) in [6, 6.07) is 0. The zero-order valence-electron chi connectivity index (χ0n) is 18.7. The first-order chi connectivity index (χ1) is 13.6. The number of carbonyl (C=O) groups excluding carboxylic acids is 1. The van der Waals surface area contributed by atoms with E-state index in [1.54, 1.807) is 6.92 Å². The predicted octanol–water partition coefficient (Wildman–Crippen LogP) is 7.28. The highest BCUT2D eigenvalue weighted by Gasteiger charge is 2.24. The summed E-state index contributed by atoms with van der Waals surface area (Å²) in [4.78, 5) is 11.5. The molecule has 6 heteroatoms. The number of hydrogen-bond acceptors (Lipinski definition) is 5. The molecule has 0 radical (unpaired) electrons. The first-order valence-corrected chi connectivity index (χ1v) is 13.3. The fourth-order valence-corrected chi connectivity index (χ4v) is 4.68. The Morgan fingerprint density at radius 1 is 0.679 bits per heavy atom. The van der Waals surface area contributed by atoms with Gasteiger partial charge in [-0.1, -0.05) is 78.1 Å². The van der Waals surface area contributed by atoms with Crippen LogP contribution in [-0.4, -0.2) is 32.0 Å². The van der Waals surface area contributed by atoms with E-state index >= 15 is 0 Å². The first kappa shape index (κ1) is 27.6. The fourth-order valence-electron chi connectivity index (χ4n) is 2.99. The minimum absolute atomic E-state index is 0.249. The summed E-state index contributed by atoms with van der Waals surface area (Å²) >= 11 is 0. The second kappa shape index (κ2) is 19.9. The van der Waals surface area contributed by atoms with Crippen LogP contribution >= 0.6 is 7.60 Å². The van der Waals surface area contributed by atoms with E-state index in [2.05, 4.69) is 13.8 Å². The minimum Gasteiger partial charge on any atom is -0.466 e. The average Bonchev–Trinajstić information content (AvgIpc) is 2.67. The van der Waals surface area contributed by atoms with Crippen molar-refractivity contribution >= 4 is 13.6 Å². The molecule has 0 aliphatic heterocycles. The molecule has 28 heavy (non-hydrogen) atoms. The molecule has 0 atom stereocenters. The maximum absolute atomic E-state index is 13.0. The van der Waals surface area contributed by atoms with E-state index in [9.17, 15) is 9.36 Å². The Kier molecular flexibility index (Phi) is 19.6. The van der Waals surface area contributed by atoms with Gasteiger partial charge in [0.05, 0.1) is 26.0 Å². The molecule has 0 aliphatic carbocycles. The molecule has 168 valence electrons. The second-order valence-corrected chi connectivity index (χ2v) is 9.63. The SMILES string of the molecule is CCCCCCCCOP(=O)(CCCC(=O)OCC)OCCCCCCCC. The molecule has 0 N–H and O–H groups in total. The van der Waals surface area contributed by atoms with E-state index in [0.717, 1.165) is 25.7 Å². The number of carbonyl (C=O) groups is 1. The Hall–Kier alpha value is -0.380. The number of hydrogen-bond donors (Lipinski definition) is 0. The van der Waals surface area contributed by atoms with Gasteiger partial charge in [-0.3, -0.25) is 9.36 Å². The first-order valence-electron chi connectivity index (χ1n) is 11.6. The topological polar surface area (TPSA) is 61.8 Å². The molecule has 0 saturated heterocycles. The molecule has 0 aromatic heterocycles.